The predicted molar refractivity (Wildman–Crippen MR) is 139 cm³/mol. The second-order valence-electron chi connectivity index (χ2n) is 7.26. The topological polar surface area (TPSA) is 71.3 Å². The van der Waals surface area contributed by atoms with E-state index in [2.05, 4.69) is 27.9 Å². The van der Waals surface area contributed by atoms with Crippen LogP contribution in [0.1, 0.15) is 23.6 Å². The van der Waals surface area contributed by atoms with Crippen molar-refractivity contribution in [2.45, 2.75) is 20.5 Å². The van der Waals surface area contributed by atoms with Gasteiger partial charge >= 0.3 is 0 Å². The fraction of sp³-hybridized carbons (Fsp3) is 0.154. The molecule has 0 bridgehead atoms. The predicted octanol–water partition coefficient (Wildman–Crippen LogP) is 6.92. The summed E-state index contributed by atoms with van der Waals surface area (Å²) in [5.41, 5.74) is 2.56. The molecule has 0 aliphatic carbocycles. The minimum Gasteiger partial charge on any atom is -0.490 e. The van der Waals surface area contributed by atoms with E-state index in [1.807, 2.05) is 19.9 Å². The molecule has 5 nitrogen and oxygen atoms in total. The van der Waals surface area contributed by atoms with Gasteiger partial charge in [0, 0.05) is 10.7 Å². The number of aryl methyl sites for hydroxylation is 1. The normalized spacial score (nSPS) is 11.0. The number of carbonyl (C=O) groups excluding carboxylic acids is 1. The van der Waals surface area contributed by atoms with Crippen LogP contribution in [0.3, 0.4) is 0 Å². The molecule has 0 unspecified atom stereocenters. The molecule has 0 aliphatic rings. The van der Waals surface area contributed by atoms with Gasteiger partial charge in [-0.15, -0.1) is 0 Å². The van der Waals surface area contributed by atoms with E-state index in [1.165, 1.54) is 18.2 Å². The van der Waals surface area contributed by atoms with Crippen LogP contribution >= 0.6 is 34.2 Å². The molecule has 0 atom stereocenters. The molecule has 0 aromatic heterocycles. The molecule has 3 rings (SSSR count). The maximum absolute atomic E-state index is 13.5. The van der Waals surface area contributed by atoms with Gasteiger partial charge in [0.1, 0.15) is 24.1 Å². The van der Waals surface area contributed by atoms with Gasteiger partial charge in [0.2, 0.25) is 0 Å². The first kappa shape index (κ1) is 25.5. The van der Waals surface area contributed by atoms with Crippen molar-refractivity contribution in [1.29, 1.82) is 5.26 Å². The number of benzene rings is 3. The van der Waals surface area contributed by atoms with Crippen LogP contribution in [-0.4, -0.2) is 12.5 Å². The lowest BCUT2D eigenvalue weighted by atomic mass is 10.1. The summed E-state index contributed by atoms with van der Waals surface area (Å²) in [5, 5.41) is 12.8. The Balaban J connectivity index is 1.86. The first-order valence-corrected chi connectivity index (χ1v) is 11.8. The first-order chi connectivity index (χ1) is 16.3. The Morgan fingerprint density at radius 3 is 2.71 bits per heavy atom. The van der Waals surface area contributed by atoms with Crippen LogP contribution in [0.4, 0.5) is 10.1 Å². The monoisotopic (exact) mass is 590 g/mol. The first-order valence-electron chi connectivity index (χ1n) is 10.3. The maximum Gasteiger partial charge on any atom is 0.266 e. The SMILES string of the molecule is CCOc1cc(/C=C(\C#N)C(=O)Nc2cc(Cl)ccc2C)cc(I)c1OCc1cccc(F)c1. The van der Waals surface area contributed by atoms with Crippen molar-refractivity contribution in [3.8, 4) is 17.6 Å². The summed E-state index contributed by atoms with van der Waals surface area (Å²) < 4.78 is 25.9. The number of hydrogen-bond acceptors (Lipinski definition) is 4. The molecule has 1 N–H and O–H groups in total. The molecule has 0 radical (unpaired) electrons. The fourth-order valence-corrected chi connectivity index (χ4v) is 4.04. The van der Waals surface area contributed by atoms with Gasteiger partial charge in [0.25, 0.3) is 5.91 Å². The molecular weight excluding hydrogens is 570 g/mol. The van der Waals surface area contributed by atoms with Crippen LogP contribution in [-0.2, 0) is 11.4 Å². The molecule has 3 aromatic rings. The third kappa shape index (κ3) is 6.72. The number of nitriles is 1. The number of anilines is 1. The van der Waals surface area contributed by atoms with E-state index in [-0.39, 0.29) is 18.0 Å². The van der Waals surface area contributed by atoms with E-state index in [0.29, 0.717) is 39.9 Å². The Bertz CT molecular complexity index is 1290. The number of nitrogens with one attached hydrogen (secondary N) is 1. The molecule has 0 saturated heterocycles. The Hall–Kier alpha value is -3.09. The van der Waals surface area contributed by atoms with Gasteiger partial charge in [-0.25, -0.2) is 4.39 Å². The summed E-state index contributed by atoms with van der Waals surface area (Å²) >= 11 is 8.12. The second kappa shape index (κ2) is 11.9. The summed E-state index contributed by atoms with van der Waals surface area (Å²) in [6, 6.07) is 16.7. The standard InChI is InChI=1S/C26H21ClFIN2O3/c1-3-33-24-12-18(11-22(29)25(24)34-15-17-5-4-6-21(28)10-17)9-19(14-30)26(32)31-23-13-20(27)8-7-16(23)2/h4-13H,3,15H2,1-2H3,(H,31,32)/b19-9+. The molecule has 174 valence electrons. The zero-order valence-electron chi connectivity index (χ0n) is 18.5. The minimum absolute atomic E-state index is 0.0777. The highest BCUT2D eigenvalue weighted by Gasteiger charge is 2.15. The number of carbonyl (C=O) groups is 1. The van der Waals surface area contributed by atoms with Crippen molar-refractivity contribution in [2.24, 2.45) is 0 Å². The lowest BCUT2D eigenvalue weighted by molar-refractivity contribution is -0.112. The summed E-state index contributed by atoms with van der Waals surface area (Å²) in [6.07, 6.45) is 1.48. The number of halogens is 3. The summed E-state index contributed by atoms with van der Waals surface area (Å²) in [4.78, 5) is 12.7. The van der Waals surface area contributed by atoms with E-state index in [0.717, 1.165) is 9.13 Å². The van der Waals surface area contributed by atoms with Crippen LogP contribution in [0.2, 0.25) is 5.02 Å². The molecule has 0 aliphatic heterocycles. The molecule has 8 heteroatoms. The van der Waals surface area contributed by atoms with E-state index < -0.39 is 5.91 Å². The Kier molecular flexibility index (Phi) is 8.91. The summed E-state index contributed by atoms with van der Waals surface area (Å²) in [6.45, 7) is 4.22. The van der Waals surface area contributed by atoms with Gasteiger partial charge in [-0.3, -0.25) is 4.79 Å². The lowest BCUT2D eigenvalue weighted by Crippen LogP contribution is -2.14. The average Bonchev–Trinajstić information content (AvgIpc) is 2.79. The number of rotatable bonds is 8. The van der Waals surface area contributed by atoms with Crippen LogP contribution < -0.4 is 14.8 Å². The van der Waals surface area contributed by atoms with Gasteiger partial charge in [-0.1, -0.05) is 29.8 Å². The van der Waals surface area contributed by atoms with Gasteiger partial charge < -0.3 is 14.8 Å². The van der Waals surface area contributed by atoms with Crippen LogP contribution in [0.15, 0.2) is 60.2 Å². The molecule has 0 fully saturated rings. The third-order valence-electron chi connectivity index (χ3n) is 4.73. The third-order valence-corrected chi connectivity index (χ3v) is 5.76. The number of hydrogen-bond donors (Lipinski definition) is 1. The van der Waals surface area contributed by atoms with Crippen LogP contribution in [0.5, 0.6) is 11.5 Å². The van der Waals surface area contributed by atoms with E-state index in [1.54, 1.807) is 42.5 Å². The maximum atomic E-state index is 13.5. The van der Waals surface area contributed by atoms with E-state index in [9.17, 15) is 14.4 Å². The largest absolute Gasteiger partial charge is 0.490 e. The Labute approximate surface area is 216 Å². The molecular formula is C26H21ClFIN2O3. The van der Waals surface area contributed by atoms with Crippen molar-refractivity contribution in [3.05, 3.63) is 91.3 Å². The Morgan fingerprint density at radius 2 is 2.00 bits per heavy atom. The zero-order chi connectivity index (χ0) is 24.7. The second-order valence-corrected chi connectivity index (χ2v) is 8.86. The van der Waals surface area contributed by atoms with E-state index >= 15 is 0 Å². The number of ether oxygens (including phenoxy) is 2. The van der Waals surface area contributed by atoms with Gasteiger partial charge in [0.05, 0.1) is 10.2 Å². The average molecular weight is 591 g/mol. The molecule has 1 amide bonds. The molecule has 3 aromatic carbocycles. The minimum atomic E-state index is -0.549. The quantitative estimate of drug-likeness (QED) is 0.176. The van der Waals surface area contributed by atoms with Gasteiger partial charge in [0.15, 0.2) is 11.5 Å². The van der Waals surface area contributed by atoms with Crippen LogP contribution in [0, 0.1) is 27.6 Å². The van der Waals surface area contributed by atoms with Crippen molar-refractivity contribution in [3.63, 3.8) is 0 Å². The zero-order valence-corrected chi connectivity index (χ0v) is 21.4. The van der Waals surface area contributed by atoms with E-state index in [4.69, 9.17) is 21.1 Å². The number of amides is 1. The molecule has 34 heavy (non-hydrogen) atoms. The summed E-state index contributed by atoms with van der Waals surface area (Å²) in [5.74, 6) is 0.0747. The Morgan fingerprint density at radius 1 is 1.21 bits per heavy atom. The molecule has 0 heterocycles. The van der Waals surface area contributed by atoms with Crippen molar-refractivity contribution in [2.75, 3.05) is 11.9 Å². The summed E-state index contributed by atoms with van der Waals surface area (Å²) in [7, 11) is 0. The lowest BCUT2D eigenvalue weighted by Gasteiger charge is -2.15. The van der Waals surface area contributed by atoms with Crippen molar-refractivity contribution >= 4 is 51.9 Å². The highest BCUT2D eigenvalue weighted by molar-refractivity contribution is 14.1. The van der Waals surface area contributed by atoms with Crippen molar-refractivity contribution < 1.29 is 18.7 Å². The fourth-order valence-electron chi connectivity index (χ4n) is 3.09. The molecule has 0 saturated carbocycles. The van der Waals surface area contributed by atoms with Crippen LogP contribution in [0.25, 0.3) is 6.08 Å². The number of nitrogens with zero attached hydrogens (tertiary/aromatic N) is 1. The van der Waals surface area contributed by atoms with Gasteiger partial charge in [-0.05, 0) is 95.6 Å². The highest BCUT2D eigenvalue weighted by atomic mass is 127. The molecule has 0 spiro atoms. The van der Waals surface area contributed by atoms with Gasteiger partial charge in [-0.2, -0.15) is 5.26 Å². The highest BCUT2D eigenvalue weighted by Crippen LogP contribution is 2.35. The smallest absolute Gasteiger partial charge is 0.266 e. The van der Waals surface area contributed by atoms with Crippen molar-refractivity contribution in [1.82, 2.24) is 0 Å².